The van der Waals surface area contributed by atoms with E-state index in [9.17, 15) is 14.8 Å². The van der Waals surface area contributed by atoms with Crippen LogP contribution in [0.3, 0.4) is 0 Å². The van der Waals surface area contributed by atoms with E-state index in [-0.39, 0.29) is 17.2 Å². The molecule has 0 spiro atoms. The SMILES string of the molecule is CN1C(=O)c2cccc3cc([NH+]([O-])O)cc(c23)C1=O. The molecule has 0 radical (unpaired) electrons. The van der Waals surface area contributed by atoms with E-state index in [1.807, 2.05) is 0 Å². The van der Waals surface area contributed by atoms with Gasteiger partial charge in [-0.05, 0) is 11.5 Å². The van der Waals surface area contributed by atoms with Gasteiger partial charge in [-0.3, -0.25) is 14.5 Å². The molecule has 0 saturated heterocycles. The Kier molecular flexibility index (Phi) is 2.39. The third-order valence-corrected chi connectivity index (χ3v) is 3.29. The van der Waals surface area contributed by atoms with Crippen LogP contribution in [0, 0.1) is 5.21 Å². The highest BCUT2D eigenvalue weighted by Crippen LogP contribution is 2.31. The first-order chi connectivity index (χ1) is 9.00. The van der Waals surface area contributed by atoms with Gasteiger partial charge in [0.05, 0.1) is 5.56 Å². The fourth-order valence-electron chi connectivity index (χ4n) is 2.35. The number of benzene rings is 2. The van der Waals surface area contributed by atoms with Crippen molar-refractivity contribution in [2.24, 2.45) is 0 Å². The van der Waals surface area contributed by atoms with Crippen LogP contribution in [0.1, 0.15) is 20.7 Å². The first-order valence-corrected chi connectivity index (χ1v) is 5.63. The zero-order chi connectivity index (χ0) is 13.7. The molecule has 1 atom stereocenters. The van der Waals surface area contributed by atoms with Crippen molar-refractivity contribution in [2.75, 3.05) is 7.05 Å². The molecular weight excluding hydrogens is 248 g/mol. The summed E-state index contributed by atoms with van der Waals surface area (Å²) in [6, 6.07) is 7.79. The van der Waals surface area contributed by atoms with E-state index in [1.165, 1.54) is 19.2 Å². The van der Waals surface area contributed by atoms with Gasteiger partial charge < -0.3 is 5.21 Å². The zero-order valence-electron chi connectivity index (χ0n) is 10.0. The van der Waals surface area contributed by atoms with Crippen LogP contribution in [0.5, 0.6) is 0 Å². The maximum atomic E-state index is 12.1. The maximum Gasteiger partial charge on any atom is 0.261 e. The van der Waals surface area contributed by atoms with Crippen molar-refractivity contribution < 1.29 is 20.0 Å². The summed E-state index contributed by atoms with van der Waals surface area (Å²) in [5.41, 5.74) is 0.717. The summed E-state index contributed by atoms with van der Waals surface area (Å²) in [7, 11) is 1.39. The summed E-state index contributed by atoms with van der Waals surface area (Å²) < 4.78 is 0. The molecule has 0 aromatic heterocycles. The van der Waals surface area contributed by atoms with Gasteiger partial charge in [0.2, 0.25) is 0 Å². The second-order valence-electron chi connectivity index (χ2n) is 4.40. The van der Waals surface area contributed by atoms with Crippen molar-refractivity contribution in [1.29, 1.82) is 0 Å². The largest absolute Gasteiger partial charge is 0.595 e. The van der Waals surface area contributed by atoms with Gasteiger partial charge in [0.25, 0.3) is 11.8 Å². The number of carbonyl (C=O) groups is 2. The molecule has 0 saturated carbocycles. The van der Waals surface area contributed by atoms with Crippen molar-refractivity contribution in [3.05, 3.63) is 46.7 Å². The smallest absolute Gasteiger partial charge is 0.261 e. The Morgan fingerprint density at radius 3 is 2.53 bits per heavy atom. The second kappa shape index (κ2) is 3.86. The number of hydrogen-bond acceptors (Lipinski definition) is 4. The summed E-state index contributed by atoms with van der Waals surface area (Å²) in [4.78, 5) is 25.1. The second-order valence-corrected chi connectivity index (χ2v) is 4.40. The lowest BCUT2D eigenvalue weighted by Crippen LogP contribution is -2.99. The Morgan fingerprint density at radius 1 is 1.16 bits per heavy atom. The molecule has 2 aromatic carbocycles. The van der Waals surface area contributed by atoms with Crippen LogP contribution >= 0.6 is 0 Å². The molecule has 1 heterocycles. The van der Waals surface area contributed by atoms with Crippen LogP contribution in [0.4, 0.5) is 5.69 Å². The third-order valence-electron chi connectivity index (χ3n) is 3.29. The van der Waals surface area contributed by atoms with Gasteiger partial charge >= 0.3 is 0 Å². The van der Waals surface area contributed by atoms with Crippen molar-refractivity contribution in [3.63, 3.8) is 0 Å². The van der Waals surface area contributed by atoms with E-state index in [0.717, 1.165) is 4.90 Å². The Bertz CT molecular complexity index is 724. The molecule has 0 aliphatic carbocycles. The van der Waals surface area contributed by atoms with E-state index < -0.39 is 11.1 Å². The molecule has 1 unspecified atom stereocenters. The molecule has 0 bridgehead atoms. The lowest BCUT2D eigenvalue weighted by atomic mass is 9.94. The molecular formula is C13H10N2O4. The van der Waals surface area contributed by atoms with Crippen LogP contribution in [-0.2, 0) is 0 Å². The highest BCUT2D eigenvalue weighted by atomic mass is 16.8. The number of carbonyl (C=O) groups excluding carboxylic acids is 2. The molecule has 2 aromatic rings. The molecule has 6 nitrogen and oxygen atoms in total. The summed E-state index contributed by atoms with van der Waals surface area (Å²) in [5, 5.41) is 20.2. The lowest BCUT2D eigenvalue weighted by Gasteiger charge is -2.24. The van der Waals surface area contributed by atoms with Crippen molar-refractivity contribution in [2.45, 2.75) is 0 Å². The van der Waals surface area contributed by atoms with Gasteiger partial charge in [-0.25, -0.2) is 5.21 Å². The van der Waals surface area contributed by atoms with Gasteiger partial charge in [0.15, 0.2) is 5.69 Å². The van der Waals surface area contributed by atoms with Crippen LogP contribution < -0.4 is 5.23 Å². The third kappa shape index (κ3) is 1.55. The summed E-state index contributed by atoms with van der Waals surface area (Å²) >= 11 is 0. The summed E-state index contributed by atoms with van der Waals surface area (Å²) in [6.45, 7) is 0. The number of amides is 2. The van der Waals surface area contributed by atoms with E-state index in [1.54, 1.807) is 18.2 Å². The van der Waals surface area contributed by atoms with Gasteiger partial charge in [0.1, 0.15) is 0 Å². The number of quaternary nitrogens is 1. The van der Waals surface area contributed by atoms with E-state index in [4.69, 9.17) is 5.21 Å². The molecule has 6 heteroatoms. The van der Waals surface area contributed by atoms with Crippen LogP contribution in [0.2, 0.25) is 0 Å². The standard InChI is InChI=1S/C13H10N2O4/c1-14-12(16)9-4-2-3-7-5-8(15(18)19)6-10(11(7)9)13(14)17/h2-6,15,18H,1H3. The number of hydrogen-bond donors (Lipinski definition) is 2. The molecule has 2 amide bonds. The molecule has 3 rings (SSSR count). The quantitative estimate of drug-likeness (QED) is 0.575. The first kappa shape index (κ1) is 11.8. The monoisotopic (exact) mass is 258 g/mol. The first-order valence-electron chi connectivity index (χ1n) is 5.63. The Balaban J connectivity index is 2.44. The normalized spacial score (nSPS) is 16.1. The van der Waals surface area contributed by atoms with Crippen LogP contribution in [-0.4, -0.2) is 29.0 Å². The number of imide groups is 1. The van der Waals surface area contributed by atoms with Crippen molar-refractivity contribution in [1.82, 2.24) is 4.90 Å². The van der Waals surface area contributed by atoms with Crippen molar-refractivity contribution in [3.8, 4) is 0 Å². The predicted molar refractivity (Wildman–Crippen MR) is 66.1 cm³/mol. The predicted octanol–water partition coefficient (Wildman–Crippen LogP) is 0.469. The summed E-state index contributed by atoms with van der Waals surface area (Å²) in [6.07, 6.45) is 0. The Labute approximate surface area is 108 Å². The average Bonchev–Trinajstić information content (AvgIpc) is 2.41. The van der Waals surface area contributed by atoms with E-state index in [0.29, 0.717) is 16.3 Å². The van der Waals surface area contributed by atoms with Gasteiger partial charge in [0, 0.05) is 30.1 Å². The van der Waals surface area contributed by atoms with Crippen LogP contribution in [0.25, 0.3) is 10.8 Å². The topological polar surface area (TPSA) is 85.1 Å². The van der Waals surface area contributed by atoms with E-state index in [2.05, 4.69) is 0 Å². The molecule has 2 N–H and O–H groups in total. The highest BCUT2D eigenvalue weighted by molar-refractivity contribution is 6.25. The zero-order valence-corrected chi connectivity index (χ0v) is 10.0. The van der Waals surface area contributed by atoms with Gasteiger partial charge in [-0.1, -0.05) is 12.1 Å². The highest BCUT2D eigenvalue weighted by Gasteiger charge is 2.31. The van der Waals surface area contributed by atoms with Crippen LogP contribution in [0.15, 0.2) is 30.3 Å². The Morgan fingerprint density at radius 2 is 1.84 bits per heavy atom. The number of rotatable bonds is 1. The minimum Gasteiger partial charge on any atom is -0.595 e. The van der Waals surface area contributed by atoms with Gasteiger partial charge in [-0.15, -0.1) is 0 Å². The minimum absolute atomic E-state index is 0.0377. The minimum atomic E-state index is -1.10. The maximum absolute atomic E-state index is 12.1. The number of nitrogens with one attached hydrogen (secondary N) is 1. The lowest BCUT2D eigenvalue weighted by molar-refractivity contribution is -0.991. The molecule has 0 fully saturated rings. The fraction of sp³-hybridized carbons (Fsp3) is 0.0769. The average molecular weight is 258 g/mol. The molecule has 1 aliphatic heterocycles. The van der Waals surface area contributed by atoms with Crippen molar-refractivity contribution >= 4 is 28.3 Å². The van der Waals surface area contributed by atoms with Gasteiger partial charge in [-0.2, -0.15) is 5.23 Å². The summed E-state index contributed by atoms with van der Waals surface area (Å²) in [5.74, 6) is -0.844. The fourth-order valence-corrected chi connectivity index (χ4v) is 2.35. The molecule has 96 valence electrons. The number of nitrogens with zero attached hydrogens (tertiary/aromatic N) is 1. The molecule has 1 aliphatic rings. The van der Waals surface area contributed by atoms with E-state index >= 15 is 0 Å². The molecule has 19 heavy (non-hydrogen) atoms. The Hall–Kier alpha value is -2.28.